The van der Waals surface area contributed by atoms with Gasteiger partial charge in [-0.2, -0.15) is 41.5 Å². The topological polar surface area (TPSA) is 292 Å². The van der Waals surface area contributed by atoms with Crippen molar-refractivity contribution in [2.24, 2.45) is 0 Å². The fraction of sp³-hybridized carbons (Fsp3) is 0.750. The Morgan fingerprint density at radius 3 is 0.381 bits per heavy atom. The molecule has 0 bridgehead atoms. The predicted octanol–water partition coefficient (Wildman–Crippen LogP) is 1.98. The van der Waals surface area contributed by atoms with Crippen molar-refractivity contribution in [2.45, 2.75) is 41.5 Å². The molecule has 0 aliphatic carbocycles. The first-order valence-electron chi connectivity index (χ1n) is 3.00. The molecule has 0 rings (SSSR count). The van der Waals surface area contributed by atoms with Crippen molar-refractivity contribution >= 4 is 0 Å². The van der Waals surface area contributed by atoms with Crippen LogP contribution >= 0.6 is 0 Å². The van der Waals surface area contributed by atoms with Crippen molar-refractivity contribution < 1.29 is 105 Å². The van der Waals surface area contributed by atoms with Gasteiger partial charge in [0, 0.05) is 39.0 Å². The van der Waals surface area contributed by atoms with E-state index in [1.54, 1.807) is 0 Å². The van der Waals surface area contributed by atoms with Crippen LogP contribution in [-0.4, -0.2) is 27.4 Å². The van der Waals surface area contributed by atoms with Gasteiger partial charge in [-0.15, -0.1) is 0 Å². The minimum absolute atomic E-state index is 0. The Hall–Kier alpha value is 2.13. The third-order valence-corrected chi connectivity index (χ3v) is 0. The first kappa shape index (κ1) is 171. The maximum absolute atomic E-state index is 2.08. The summed E-state index contributed by atoms with van der Waals surface area (Å²) in [4.78, 5) is 0. The fourth-order valence-electron chi connectivity index (χ4n) is 0. The van der Waals surface area contributed by atoms with Crippen LogP contribution in [0.15, 0.2) is 0 Å². The molecule has 128 valence electrons. The van der Waals surface area contributed by atoms with E-state index in [1.165, 1.54) is 11.8 Å². The zero-order valence-corrected chi connectivity index (χ0v) is 26.5. The Balaban J connectivity index is -0.00000000163. The van der Waals surface area contributed by atoms with Crippen LogP contribution in [-0.2, 0) is 77.9 Å². The molecule has 0 radical (unpaired) electrons. The van der Waals surface area contributed by atoms with E-state index in [1.807, 2.05) is 0 Å². The van der Waals surface area contributed by atoms with E-state index in [0.29, 0.717) is 0 Å². The van der Waals surface area contributed by atoms with Crippen LogP contribution in [0.2, 0.25) is 0 Å². The molecule has 0 amide bonds. The second-order valence-corrected chi connectivity index (χ2v) is 3.00. The maximum atomic E-state index is 2.08. The summed E-state index contributed by atoms with van der Waals surface area (Å²) in [6.45, 7) is 12.5. The standard InChI is InChI=1S/2C4H9.4H2N.5H2O.4Zn/c2*1-4(2)3;;;;;;;;;;;;;/h2*1-3H3;9*1H2;;;;/q6*-1;;;;;;;;2*+2. The number of hydrogen-bond acceptors (Lipinski definition) is 0. The third-order valence-electron chi connectivity index (χ3n) is 0. The van der Waals surface area contributed by atoms with E-state index in [-0.39, 0.29) is 130 Å². The predicted molar refractivity (Wildman–Crippen MR) is 79.7 cm³/mol. The average molecular weight is 530 g/mol. The summed E-state index contributed by atoms with van der Waals surface area (Å²) in [5, 5.41) is 0. The molecular formula is C8H36N4O5Zn4-2. The van der Waals surface area contributed by atoms with Gasteiger partial charge in [-0.3, -0.25) is 0 Å². The van der Waals surface area contributed by atoms with Crippen LogP contribution in [0.3, 0.4) is 0 Å². The zero-order chi connectivity index (χ0) is 7.15. The molecule has 0 saturated heterocycles. The Morgan fingerprint density at radius 1 is 0.381 bits per heavy atom. The van der Waals surface area contributed by atoms with Gasteiger partial charge < -0.3 is 63.8 Å². The van der Waals surface area contributed by atoms with Crippen LogP contribution in [0.4, 0.5) is 0 Å². The molecule has 0 aliphatic rings. The molecule has 21 heavy (non-hydrogen) atoms. The van der Waals surface area contributed by atoms with Crippen molar-refractivity contribution in [1.82, 2.24) is 0 Å². The van der Waals surface area contributed by atoms with Crippen LogP contribution < -0.4 is 0 Å². The van der Waals surface area contributed by atoms with E-state index in [4.69, 9.17) is 0 Å². The first-order valence-corrected chi connectivity index (χ1v) is 3.00. The van der Waals surface area contributed by atoms with Crippen molar-refractivity contribution in [1.29, 1.82) is 0 Å². The molecule has 0 atom stereocenters. The Bertz CT molecular complexity index is 56.1. The molecule has 18 N–H and O–H groups in total. The number of nitrogens with two attached hydrogens (primary N) is 4. The first-order chi connectivity index (χ1) is 3.46. The van der Waals surface area contributed by atoms with Gasteiger partial charge >= 0.3 is 39.0 Å². The Labute approximate surface area is 182 Å². The summed E-state index contributed by atoms with van der Waals surface area (Å²) in [5.74, 6) is 2.83. The third kappa shape index (κ3) is 1970. The van der Waals surface area contributed by atoms with Crippen LogP contribution in [0, 0.1) is 11.8 Å². The Morgan fingerprint density at radius 2 is 0.381 bits per heavy atom. The molecule has 0 saturated carbocycles. The van der Waals surface area contributed by atoms with E-state index < -0.39 is 0 Å². The van der Waals surface area contributed by atoms with Crippen molar-refractivity contribution in [3.05, 3.63) is 36.4 Å². The van der Waals surface area contributed by atoms with Crippen LogP contribution in [0.1, 0.15) is 41.5 Å². The van der Waals surface area contributed by atoms with Gasteiger partial charge in [-0.25, -0.2) is 0 Å². The average Bonchev–Trinajstić information content (AvgIpc) is 1.25. The Kier molecular flexibility index (Phi) is 1220. The van der Waals surface area contributed by atoms with Gasteiger partial charge in [0.25, 0.3) is 0 Å². The molecule has 0 unspecified atom stereocenters. The largest absolute Gasteiger partial charge is 2.00 e. The van der Waals surface area contributed by atoms with Gasteiger partial charge in [0.1, 0.15) is 0 Å². The second-order valence-electron chi connectivity index (χ2n) is 3.00. The van der Waals surface area contributed by atoms with Crippen molar-refractivity contribution in [3.63, 3.8) is 0 Å². The molecule has 0 heterocycles. The molecule has 13 heteroatoms. The molecule has 0 fully saturated rings. The van der Waals surface area contributed by atoms with Crippen molar-refractivity contribution in [2.75, 3.05) is 0 Å². The quantitative estimate of drug-likeness (QED) is 0.321. The monoisotopic (exact) mass is 524 g/mol. The van der Waals surface area contributed by atoms with E-state index in [9.17, 15) is 0 Å². The second kappa shape index (κ2) is 149. The summed E-state index contributed by atoms with van der Waals surface area (Å²) in [7, 11) is 0. The summed E-state index contributed by atoms with van der Waals surface area (Å²) < 4.78 is 0. The SMILES string of the molecule is C[C-](C)C.C[C-](C)C.O.O.O.O.O.[NH2-].[NH2-].[NH2-].[NH2-].[Zn+2].[Zn+2].[Zn].[Zn]. The minimum atomic E-state index is 0. The van der Waals surface area contributed by atoms with Gasteiger partial charge in [0.05, 0.1) is 0 Å². The molecule has 0 aromatic rings. The fourth-order valence-corrected chi connectivity index (χ4v) is 0. The number of rotatable bonds is 0. The van der Waals surface area contributed by atoms with Gasteiger partial charge in [-0.1, -0.05) is 0 Å². The van der Waals surface area contributed by atoms with Gasteiger partial charge in [-0.05, 0) is 0 Å². The molecule has 0 aliphatic heterocycles. The van der Waals surface area contributed by atoms with E-state index >= 15 is 0 Å². The van der Waals surface area contributed by atoms with Gasteiger partial charge in [0.2, 0.25) is 0 Å². The maximum Gasteiger partial charge on any atom is 2.00 e. The summed E-state index contributed by atoms with van der Waals surface area (Å²) in [6.07, 6.45) is 0. The molecule has 9 nitrogen and oxygen atoms in total. The van der Waals surface area contributed by atoms with Gasteiger partial charge in [0.15, 0.2) is 0 Å². The summed E-state index contributed by atoms with van der Waals surface area (Å²) in [6, 6.07) is 0. The molecule has 0 spiro atoms. The minimum Gasteiger partial charge on any atom is -0.693 e. The van der Waals surface area contributed by atoms with Crippen molar-refractivity contribution in [3.8, 4) is 0 Å². The van der Waals surface area contributed by atoms with Crippen LogP contribution in [0.25, 0.3) is 24.6 Å². The zero-order valence-electron chi connectivity index (χ0n) is 14.6. The van der Waals surface area contributed by atoms with Crippen LogP contribution in [0.5, 0.6) is 0 Å². The summed E-state index contributed by atoms with van der Waals surface area (Å²) >= 11 is 0. The van der Waals surface area contributed by atoms with E-state index in [0.717, 1.165) is 0 Å². The molecule has 0 aromatic heterocycles. The molecular weight excluding hydrogens is 494 g/mol. The van der Waals surface area contributed by atoms with E-state index in [2.05, 4.69) is 41.5 Å². The number of hydrogen-bond donors (Lipinski definition) is 0. The normalized spacial score (nSPS) is 3.43. The smallest absolute Gasteiger partial charge is 0.693 e. The summed E-state index contributed by atoms with van der Waals surface area (Å²) in [5.41, 5.74) is 0. The molecule has 0 aromatic carbocycles.